The lowest BCUT2D eigenvalue weighted by molar-refractivity contribution is 0.0440. The lowest BCUT2D eigenvalue weighted by Gasteiger charge is -2.22. The van der Waals surface area contributed by atoms with Crippen LogP contribution in [0.4, 0.5) is 0 Å². The van der Waals surface area contributed by atoms with Crippen LogP contribution >= 0.6 is 23.4 Å². The Morgan fingerprint density at radius 2 is 2.47 bits per heavy atom. The molecular weight excluding hydrogens is 234 g/mol. The first-order chi connectivity index (χ1) is 7.34. The quantitative estimate of drug-likeness (QED) is 0.884. The molecule has 1 aliphatic rings. The van der Waals surface area contributed by atoms with Gasteiger partial charge in [-0.05, 0) is 23.7 Å². The molecule has 3 nitrogen and oxygen atoms in total. The molecule has 0 aromatic carbocycles. The lowest BCUT2D eigenvalue weighted by Crippen LogP contribution is -2.39. The van der Waals surface area contributed by atoms with Crippen molar-refractivity contribution < 1.29 is 9.15 Å². The summed E-state index contributed by atoms with van der Waals surface area (Å²) < 4.78 is 10.8. The molecule has 0 saturated carbocycles. The minimum absolute atomic E-state index is 0.328. The van der Waals surface area contributed by atoms with Crippen LogP contribution in [-0.2, 0) is 10.5 Å². The Morgan fingerprint density at radius 3 is 3.13 bits per heavy atom. The van der Waals surface area contributed by atoms with Gasteiger partial charge in [0.1, 0.15) is 5.76 Å². The van der Waals surface area contributed by atoms with Crippen LogP contribution in [0.2, 0.25) is 5.22 Å². The molecule has 1 atom stereocenters. The summed E-state index contributed by atoms with van der Waals surface area (Å²) in [5.74, 6) is 2.77. The van der Waals surface area contributed by atoms with Crippen LogP contribution in [0.5, 0.6) is 0 Å². The van der Waals surface area contributed by atoms with Gasteiger partial charge in [0.15, 0.2) is 5.22 Å². The molecule has 15 heavy (non-hydrogen) atoms. The van der Waals surface area contributed by atoms with Crippen molar-refractivity contribution in [2.75, 3.05) is 25.4 Å². The van der Waals surface area contributed by atoms with Crippen LogP contribution < -0.4 is 5.32 Å². The number of thioether (sulfide) groups is 1. The van der Waals surface area contributed by atoms with Gasteiger partial charge in [-0.3, -0.25) is 0 Å². The minimum Gasteiger partial charge on any atom is -0.449 e. The number of furan rings is 1. The second-order valence-corrected chi connectivity index (χ2v) is 4.82. The van der Waals surface area contributed by atoms with E-state index in [9.17, 15) is 0 Å². The fourth-order valence-electron chi connectivity index (χ4n) is 1.45. The Labute approximate surface area is 98.5 Å². The summed E-state index contributed by atoms with van der Waals surface area (Å²) in [4.78, 5) is 0. The number of hydrogen-bond donors (Lipinski definition) is 1. The highest BCUT2D eigenvalue weighted by molar-refractivity contribution is 7.98. The summed E-state index contributed by atoms with van der Waals surface area (Å²) in [6, 6.07) is 3.69. The van der Waals surface area contributed by atoms with Crippen LogP contribution in [0.15, 0.2) is 16.5 Å². The number of nitrogens with one attached hydrogen (secondary N) is 1. The highest BCUT2D eigenvalue weighted by Gasteiger charge is 2.13. The average Bonchev–Trinajstić information content (AvgIpc) is 2.66. The fraction of sp³-hybridized carbons (Fsp3) is 0.600. The summed E-state index contributed by atoms with van der Waals surface area (Å²) >= 11 is 7.49. The number of ether oxygens (including phenoxy) is 1. The third-order valence-corrected chi connectivity index (χ3v) is 3.48. The Balaban J connectivity index is 1.65. The van der Waals surface area contributed by atoms with E-state index < -0.39 is 0 Å². The van der Waals surface area contributed by atoms with E-state index in [1.165, 1.54) is 0 Å². The zero-order valence-corrected chi connectivity index (χ0v) is 9.94. The third kappa shape index (κ3) is 3.72. The van der Waals surface area contributed by atoms with E-state index in [0.717, 1.165) is 37.0 Å². The molecule has 0 aliphatic carbocycles. The molecule has 0 amide bonds. The van der Waals surface area contributed by atoms with Gasteiger partial charge in [0.25, 0.3) is 0 Å². The zero-order valence-electron chi connectivity index (χ0n) is 8.37. The first kappa shape index (κ1) is 11.3. The summed E-state index contributed by atoms with van der Waals surface area (Å²) in [6.45, 7) is 2.73. The van der Waals surface area contributed by atoms with E-state index in [4.69, 9.17) is 20.8 Å². The SMILES string of the molecule is Clc1ccc(CSCC2CNCCO2)o1. The number of morpholine rings is 1. The van der Waals surface area contributed by atoms with E-state index in [1.54, 1.807) is 6.07 Å². The van der Waals surface area contributed by atoms with E-state index in [2.05, 4.69) is 5.32 Å². The molecule has 0 bridgehead atoms. The van der Waals surface area contributed by atoms with Crippen molar-refractivity contribution in [1.29, 1.82) is 0 Å². The van der Waals surface area contributed by atoms with E-state index in [-0.39, 0.29) is 0 Å². The van der Waals surface area contributed by atoms with Gasteiger partial charge in [0.2, 0.25) is 0 Å². The first-order valence-electron chi connectivity index (χ1n) is 4.99. The van der Waals surface area contributed by atoms with Crippen molar-refractivity contribution in [2.24, 2.45) is 0 Å². The van der Waals surface area contributed by atoms with Gasteiger partial charge in [-0.1, -0.05) is 0 Å². The summed E-state index contributed by atoms with van der Waals surface area (Å²) in [5.41, 5.74) is 0. The molecule has 84 valence electrons. The summed E-state index contributed by atoms with van der Waals surface area (Å²) in [6.07, 6.45) is 0.328. The van der Waals surface area contributed by atoms with Crippen LogP contribution in [0.3, 0.4) is 0 Å². The Morgan fingerprint density at radius 1 is 1.53 bits per heavy atom. The predicted octanol–water partition coefficient (Wildman–Crippen LogP) is 2.15. The first-order valence-corrected chi connectivity index (χ1v) is 6.52. The van der Waals surface area contributed by atoms with Crippen LogP contribution in [0, 0.1) is 0 Å². The maximum Gasteiger partial charge on any atom is 0.193 e. The summed E-state index contributed by atoms with van der Waals surface area (Å²) in [7, 11) is 0. The maximum absolute atomic E-state index is 5.68. The van der Waals surface area contributed by atoms with Gasteiger partial charge in [0.05, 0.1) is 18.5 Å². The molecule has 0 radical (unpaired) electrons. The van der Waals surface area contributed by atoms with Crippen molar-refractivity contribution in [3.05, 3.63) is 23.1 Å². The molecule has 1 N–H and O–H groups in total. The van der Waals surface area contributed by atoms with E-state index in [1.807, 2.05) is 17.8 Å². The van der Waals surface area contributed by atoms with Crippen molar-refractivity contribution >= 4 is 23.4 Å². The average molecular weight is 248 g/mol. The fourth-order valence-corrected chi connectivity index (χ4v) is 2.56. The normalized spacial score (nSPS) is 21.8. The number of halogens is 1. The molecular formula is C10H14ClNO2S. The Hall–Kier alpha value is -0.160. The van der Waals surface area contributed by atoms with Crippen LogP contribution in [0.1, 0.15) is 5.76 Å². The number of hydrogen-bond acceptors (Lipinski definition) is 4. The smallest absolute Gasteiger partial charge is 0.193 e. The van der Waals surface area contributed by atoms with Gasteiger partial charge >= 0.3 is 0 Å². The van der Waals surface area contributed by atoms with E-state index >= 15 is 0 Å². The lowest BCUT2D eigenvalue weighted by atomic mass is 10.3. The molecule has 1 aromatic rings. The van der Waals surface area contributed by atoms with Gasteiger partial charge in [-0.25, -0.2) is 0 Å². The third-order valence-electron chi connectivity index (χ3n) is 2.18. The topological polar surface area (TPSA) is 34.4 Å². The molecule has 1 fully saturated rings. The largest absolute Gasteiger partial charge is 0.449 e. The predicted molar refractivity (Wildman–Crippen MR) is 62.5 cm³/mol. The second-order valence-electron chi connectivity index (χ2n) is 3.42. The summed E-state index contributed by atoms with van der Waals surface area (Å²) in [5, 5.41) is 3.76. The molecule has 1 unspecified atom stereocenters. The van der Waals surface area contributed by atoms with Gasteiger partial charge < -0.3 is 14.5 Å². The molecule has 5 heteroatoms. The second kappa shape index (κ2) is 5.80. The maximum atomic E-state index is 5.68. The van der Waals surface area contributed by atoms with Crippen molar-refractivity contribution in [3.63, 3.8) is 0 Å². The molecule has 1 saturated heterocycles. The van der Waals surface area contributed by atoms with Crippen LogP contribution in [-0.4, -0.2) is 31.6 Å². The van der Waals surface area contributed by atoms with Gasteiger partial charge in [0, 0.05) is 18.8 Å². The van der Waals surface area contributed by atoms with Gasteiger partial charge in [-0.15, -0.1) is 0 Å². The van der Waals surface area contributed by atoms with Crippen molar-refractivity contribution in [1.82, 2.24) is 5.32 Å². The Bertz CT molecular complexity index is 299. The van der Waals surface area contributed by atoms with E-state index in [0.29, 0.717) is 11.3 Å². The highest BCUT2D eigenvalue weighted by atomic mass is 35.5. The molecule has 0 spiro atoms. The zero-order chi connectivity index (χ0) is 10.5. The molecule has 1 aromatic heterocycles. The van der Waals surface area contributed by atoms with Crippen molar-refractivity contribution in [3.8, 4) is 0 Å². The molecule has 1 aliphatic heterocycles. The standard InChI is InChI=1S/C10H14ClNO2S/c11-10-2-1-8(14-10)6-15-7-9-5-12-3-4-13-9/h1-2,9,12H,3-7H2. The number of rotatable bonds is 4. The Kier molecular flexibility index (Phi) is 4.38. The molecule has 2 heterocycles. The van der Waals surface area contributed by atoms with Gasteiger partial charge in [-0.2, -0.15) is 11.8 Å². The minimum atomic E-state index is 0.328. The van der Waals surface area contributed by atoms with Crippen LogP contribution in [0.25, 0.3) is 0 Å². The monoisotopic (exact) mass is 247 g/mol. The highest BCUT2D eigenvalue weighted by Crippen LogP contribution is 2.19. The molecule has 2 rings (SSSR count). The van der Waals surface area contributed by atoms with Crippen molar-refractivity contribution in [2.45, 2.75) is 11.9 Å².